The summed E-state index contributed by atoms with van der Waals surface area (Å²) in [5, 5.41) is 0. The molecule has 2 rings (SSSR count). The molecule has 1 nitrogen and oxygen atoms in total. The van der Waals surface area contributed by atoms with Gasteiger partial charge in [-0.25, -0.2) is 0 Å². The first-order chi connectivity index (χ1) is 9.38. The normalized spacial score (nSPS) is 10.4. The quantitative estimate of drug-likeness (QED) is 0.653. The molecule has 2 aromatic rings. The molecule has 0 radical (unpaired) electrons. The van der Waals surface area contributed by atoms with Crippen LogP contribution in [0.3, 0.4) is 0 Å². The van der Waals surface area contributed by atoms with Crippen LogP contribution in [0.15, 0.2) is 54.6 Å². The fraction of sp³-hybridized carbons (Fsp3) is 0.333. The average molecular weight is 254 g/mol. The predicted molar refractivity (Wildman–Crippen MR) is 80.7 cm³/mol. The van der Waals surface area contributed by atoms with E-state index in [1.807, 2.05) is 12.1 Å². The Morgan fingerprint density at radius 3 is 1.84 bits per heavy atom. The van der Waals surface area contributed by atoms with Gasteiger partial charge in [-0.2, -0.15) is 0 Å². The zero-order valence-corrected chi connectivity index (χ0v) is 11.6. The second-order valence-corrected chi connectivity index (χ2v) is 4.89. The Kier molecular flexibility index (Phi) is 5.49. The smallest absolute Gasteiger partial charge is 0.118 e. The van der Waals surface area contributed by atoms with Gasteiger partial charge in [0.05, 0.1) is 7.11 Å². The number of methoxy groups -OCH3 is 1. The molecule has 0 aliphatic carbocycles. The molecule has 2 aromatic carbocycles. The third kappa shape index (κ3) is 4.78. The first kappa shape index (κ1) is 13.7. The Hall–Kier alpha value is -1.76. The van der Waals surface area contributed by atoms with Gasteiger partial charge in [0, 0.05) is 0 Å². The van der Waals surface area contributed by atoms with Crippen LogP contribution >= 0.6 is 0 Å². The van der Waals surface area contributed by atoms with E-state index < -0.39 is 0 Å². The van der Waals surface area contributed by atoms with E-state index in [-0.39, 0.29) is 0 Å². The summed E-state index contributed by atoms with van der Waals surface area (Å²) >= 11 is 0. The van der Waals surface area contributed by atoms with Crippen LogP contribution in [0.2, 0.25) is 0 Å². The molecule has 100 valence electrons. The van der Waals surface area contributed by atoms with Crippen LogP contribution in [0.5, 0.6) is 5.75 Å². The van der Waals surface area contributed by atoms with Crippen LogP contribution < -0.4 is 4.74 Å². The molecule has 0 heterocycles. The number of benzene rings is 2. The average Bonchev–Trinajstić information content (AvgIpc) is 2.49. The molecule has 0 aromatic heterocycles. The molecule has 0 amide bonds. The zero-order valence-electron chi connectivity index (χ0n) is 11.6. The number of unbranched alkanes of at least 4 members (excludes halogenated alkanes) is 2. The molecule has 0 aliphatic heterocycles. The van der Waals surface area contributed by atoms with Crippen molar-refractivity contribution in [1.82, 2.24) is 0 Å². The van der Waals surface area contributed by atoms with Crippen molar-refractivity contribution in [3.63, 3.8) is 0 Å². The van der Waals surface area contributed by atoms with E-state index in [1.165, 1.54) is 43.2 Å². The molecule has 0 bridgehead atoms. The minimum atomic E-state index is 0.938. The minimum Gasteiger partial charge on any atom is -0.497 e. The first-order valence-corrected chi connectivity index (χ1v) is 7.05. The summed E-state index contributed by atoms with van der Waals surface area (Å²) in [5.41, 5.74) is 2.85. The number of rotatable bonds is 7. The summed E-state index contributed by atoms with van der Waals surface area (Å²) < 4.78 is 5.16. The molecule has 0 spiro atoms. The van der Waals surface area contributed by atoms with Crippen molar-refractivity contribution in [3.8, 4) is 5.75 Å². The number of aryl methyl sites for hydroxylation is 2. The topological polar surface area (TPSA) is 9.23 Å². The third-order valence-corrected chi connectivity index (χ3v) is 3.43. The molecular formula is C18H22O. The van der Waals surface area contributed by atoms with Crippen molar-refractivity contribution in [1.29, 1.82) is 0 Å². The van der Waals surface area contributed by atoms with Gasteiger partial charge >= 0.3 is 0 Å². The van der Waals surface area contributed by atoms with Gasteiger partial charge in [-0.3, -0.25) is 0 Å². The van der Waals surface area contributed by atoms with Gasteiger partial charge in [-0.1, -0.05) is 48.9 Å². The van der Waals surface area contributed by atoms with E-state index in [0.29, 0.717) is 0 Å². The second kappa shape index (κ2) is 7.63. The summed E-state index contributed by atoms with van der Waals surface area (Å²) in [6.45, 7) is 0. The van der Waals surface area contributed by atoms with Crippen molar-refractivity contribution >= 4 is 0 Å². The van der Waals surface area contributed by atoms with Crippen LogP contribution in [0, 0.1) is 0 Å². The molecule has 0 saturated heterocycles. The van der Waals surface area contributed by atoms with Crippen molar-refractivity contribution in [2.45, 2.75) is 32.1 Å². The van der Waals surface area contributed by atoms with E-state index in [1.54, 1.807) is 7.11 Å². The van der Waals surface area contributed by atoms with Crippen molar-refractivity contribution in [3.05, 3.63) is 65.7 Å². The van der Waals surface area contributed by atoms with Gasteiger partial charge in [0.2, 0.25) is 0 Å². The molecule has 0 atom stereocenters. The van der Waals surface area contributed by atoms with Gasteiger partial charge in [0.25, 0.3) is 0 Å². The number of hydrogen-bond acceptors (Lipinski definition) is 1. The lowest BCUT2D eigenvalue weighted by Gasteiger charge is -2.04. The Morgan fingerprint density at radius 1 is 0.684 bits per heavy atom. The molecular weight excluding hydrogens is 232 g/mol. The van der Waals surface area contributed by atoms with Crippen molar-refractivity contribution in [2.75, 3.05) is 7.11 Å². The largest absolute Gasteiger partial charge is 0.497 e. The minimum absolute atomic E-state index is 0.938. The maximum atomic E-state index is 5.16. The van der Waals surface area contributed by atoms with Crippen LogP contribution in [0.4, 0.5) is 0 Å². The molecule has 0 unspecified atom stereocenters. The summed E-state index contributed by atoms with van der Waals surface area (Å²) in [5.74, 6) is 0.938. The zero-order chi connectivity index (χ0) is 13.3. The third-order valence-electron chi connectivity index (χ3n) is 3.43. The van der Waals surface area contributed by atoms with Gasteiger partial charge in [-0.05, 0) is 48.9 Å². The summed E-state index contributed by atoms with van der Waals surface area (Å²) in [4.78, 5) is 0. The summed E-state index contributed by atoms with van der Waals surface area (Å²) in [7, 11) is 1.71. The fourth-order valence-electron chi connectivity index (χ4n) is 2.27. The lowest BCUT2D eigenvalue weighted by Crippen LogP contribution is -1.89. The molecule has 0 N–H and O–H groups in total. The van der Waals surface area contributed by atoms with E-state index >= 15 is 0 Å². The monoisotopic (exact) mass is 254 g/mol. The Bertz CT molecular complexity index is 459. The van der Waals surface area contributed by atoms with Gasteiger partial charge < -0.3 is 4.74 Å². The SMILES string of the molecule is COc1ccc(CCCCCc2ccccc2)cc1. The Labute approximate surface area is 116 Å². The number of hydrogen-bond donors (Lipinski definition) is 0. The molecule has 0 fully saturated rings. The maximum Gasteiger partial charge on any atom is 0.118 e. The van der Waals surface area contributed by atoms with E-state index in [2.05, 4.69) is 42.5 Å². The van der Waals surface area contributed by atoms with Crippen molar-refractivity contribution < 1.29 is 4.74 Å². The fourth-order valence-corrected chi connectivity index (χ4v) is 2.27. The van der Waals surface area contributed by atoms with E-state index in [4.69, 9.17) is 4.74 Å². The maximum absolute atomic E-state index is 5.16. The van der Waals surface area contributed by atoms with Gasteiger partial charge in [0.15, 0.2) is 0 Å². The number of ether oxygens (including phenoxy) is 1. The Balaban J connectivity index is 1.63. The first-order valence-electron chi connectivity index (χ1n) is 7.05. The molecule has 0 saturated carbocycles. The highest BCUT2D eigenvalue weighted by molar-refractivity contribution is 5.27. The summed E-state index contributed by atoms with van der Waals surface area (Å²) in [6, 6.07) is 19.1. The Morgan fingerprint density at radius 2 is 1.26 bits per heavy atom. The molecule has 1 heteroatoms. The molecule has 19 heavy (non-hydrogen) atoms. The predicted octanol–water partition coefficient (Wildman–Crippen LogP) is 4.65. The lowest BCUT2D eigenvalue weighted by atomic mass is 10.0. The highest BCUT2D eigenvalue weighted by Gasteiger charge is 1.96. The van der Waals surface area contributed by atoms with E-state index in [0.717, 1.165) is 5.75 Å². The van der Waals surface area contributed by atoms with Gasteiger partial charge in [0.1, 0.15) is 5.75 Å². The lowest BCUT2D eigenvalue weighted by molar-refractivity contribution is 0.414. The van der Waals surface area contributed by atoms with Crippen LogP contribution in [-0.2, 0) is 12.8 Å². The summed E-state index contributed by atoms with van der Waals surface area (Å²) in [6.07, 6.45) is 6.20. The van der Waals surface area contributed by atoms with Crippen molar-refractivity contribution in [2.24, 2.45) is 0 Å². The van der Waals surface area contributed by atoms with Crippen LogP contribution in [0.25, 0.3) is 0 Å². The van der Waals surface area contributed by atoms with Crippen LogP contribution in [0.1, 0.15) is 30.4 Å². The van der Waals surface area contributed by atoms with Crippen LogP contribution in [-0.4, -0.2) is 7.11 Å². The highest BCUT2D eigenvalue weighted by atomic mass is 16.5. The standard InChI is InChI=1S/C18H22O/c1-19-18-14-12-17(13-15-18)11-7-3-6-10-16-8-4-2-5-9-16/h2,4-5,8-9,12-15H,3,6-7,10-11H2,1H3. The second-order valence-electron chi connectivity index (χ2n) is 4.89. The molecule has 0 aliphatic rings. The highest BCUT2D eigenvalue weighted by Crippen LogP contribution is 2.14. The van der Waals surface area contributed by atoms with Gasteiger partial charge in [-0.15, -0.1) is 0 Å². The van der Waals surface area contributed by atoms with E-state index in [9.17, 15) is 0 Å².